The average molecular weight is 459 g/mol. The van der Waals surface area contributed by atoms with Gasteiger partial charge in [0.15, 0.2) is 0 Å². The Kier molecular flexibility index (Phi) is 5.31. The summed E-state index contributed by atoms with van der Waals surface area (Å²) >= 11 is 12.9. The fourth-order valence-electron chi connectivity index (χ4n) is 4.76. The van der Waals surface area contributed by atoms with E-state index in [1.54, 1.807) is 62.6 Å². The van der Waals surface area contributed by atoms with Gasteiger partial charge in [-0.05, 0) is 17.7 Å². The Labute approximate surface area is 190 Å². The molecule has 1 spiro atoms. The fraction of sp³-hybridized carbons (Fsp3) is 0.261. The van der Waals surface area contributed by atoms with Crippen LogP contribution in [-0.2, 0) is 19.1 Å². The van der Waals surface area contributed by atoms with Crippen molar-refractivity contribution in [3.05, 3.63) is 75.3 Å². The molecule has 0 radical (unpaired) electrons. The lowest BCUT2D eigenvalue weighted by atomic mass is 9.71. The minimum atomic E-state index is -1.49. The molecular weight excluding hydrogens is 439 g/mol. The van der Waals surface area contributed by atoms with Crippen LogP contribution in [0.3, 0.4) is 0 Å². The zero-order valence-corrected chi connectivity index (χ0v) is 18.7. The van der Waals surface area contributed by atoms with Gasteiger partial charge in [-0.1, -0.05) is 59.6 Å². The average Bonchev–Trinajstić information content (AvgIpc) is 3.13. The lowest BCUT2D eigenvalue weighted by Crippen LogP contribution is -2.41. The molecule has 31 heavy (non-hydrogen) atoms. The number of hydrogen-bond acceptors (Lipinski definition) is 4. The Hall–Kier alpha value is -2.83. The van der Waals surface area contributed by atoms with Crippen LogP contribution in [0, 0.1) is 5.41 Å². The molecule has 4 rings (SSSR count). The van der Waals surface area contributed by atoms with Crippen molar-refractivity contribution in [2.24, 2.45) is 5.41 Å². The first-order valence-electron chi connectivity index (χ1n) is 9.62. The number of rotatable bonds is 3. The summed E-state index contributed by atoms with van der Waals surface area (Å²) in [6, 6.07) is 13.2. The molecule has 0 aliphatic carbocycles. The summed E-state index contributed by atoms with van der Waals surface area (Å²) in [5.41, 5.74) is 0.0480. The summed E-state index contributed by atoms with van der Waals surface area (Å²) < 4.78 is 5.11. The number of halogens is 2. The summed E-state index contributed by atoms with van der Waals surface area (Å²) in [7, 11) is 4.44. The van der Waals surface area contributed by atoms with Gasteiger partial charge in [0.2, 0.25) is 11.8 Å². The van der Waals surface area contributed by atoms with E-state index in [-0.39, 0.29) is 23.8 Å². The molecule has 2 aromatic carbocycles. The van der Waals surface area contributed by atoms with E-state index < -0.39 is 17.4 Å². The zero-order valence-electron chi connectivity index (χ0n) is 17.2. The number of carbonyl (C=O) groups excluding carboxylic acids is 3. The zero-order chi connectivity index (χ0) is 22.5. The minimum absolute atomic E-state index is 0.109. The van der Waals surface area contributed by atoms with E-state index in [4.69, 9.17) is 27.9 Å². The topological polar surface area (TPSA) is 66.9 Å². The van der Waals surface area contributed by atoms with E-state index in [9.17, 15) is 14.4 Å². The first kappa shape index (κ1) is 21.4. The van der Waals surface area contributed by atoms with Crippen molar-refractivity contribution in [2.45, 2.75) is 12.5 Å². The Balaban J connectivity index is 2.08. The predicted octanol–water partition coefficient (Wildman–Crippen LogP) is 3.94. The van der Waals surface area contributed by atoms with Gasteiger partial charge in [0.25, 0.3) is 0 Å². The van der Waals surface area contributed by atoms with Crippen LogP contribution in [-0.4, -0.2) is 48.8 Å². The molecule has 8 heteroatoms. The van der Waals surface area contributed by atoms with Crippen LogP contribution in [0.4, 0.5) is 0 Å². The highest BCUT2D eigenvalue weighted by Gasteiger charge is 2.66. The lowest BCUT2D eigenvalue weighted by molar-refractivity contribution is -0.142. The number of benzene rings is 2. The van der Waals surface area contributed by atoms with Gasteiger partial charge in [-0.15, -0.1) is 0 Å². The van der Waals surface area contributed by atoms with E-state index in [0.29, 0.717) is 26.9 Å². The smallest absolute Gasteiger partial charge is 0.337 e. The van der Waals surface area contributed by atoms with Crippen molar-refractivity contribution in [2.75, 3.05) is 21.2 Å². The van der Waals surface area contributed by atoms with Crippen LogP contribution < -0.4 is 0 Å². The number of esters is 1. The summed E-state index contributed by atoms with van der Waals surface area (Å²) in [6.45, 7) is 0. The van der Waals surface area contributed by atoms with Gasteiger partial charge in [-0.2, -0.15) is 0 Å². The maximum absolute atomic E-state index is 13.9. The molecule has 1 fully saturated rings. The normalized spacial score (nSPS) is 23.3. The Bertz CT molecular complexity index is 1150. The molecule has 2 aromatic rings. The number of likely N-dealkylation sites (tertiary alicyclic amines) is 1. The molecule has 160 valence electrons. The lowest BCUT2D eigenvalue weighted by Gasteiger charge is -2.33. The number of carbonyl (C=O) groups is 3. The molecule has 0 saturated carbocycles. The SMILES string of the molecule is COC(=O)C1=C(c2ccccc2Cl)N(C)C(=O)C12CC(=O)N(C)C2c1ccccc1Cl. The number of methoxy groups -OCH3 is 1. The van der Waals surface area contributed by atoms with Crippen molar-refractivity contribution in [3.63, 3.8) is 0 Å². The van der Waals surface area contributed by atoms with Gasteiger partial charge in [0.1, 0.15) is 5.41 Å². The van der Waals surface area contributed by atoms with Gasteiger partial charge >= 0.3 is 5.97 Å². The second-order valence-electron chi connectivity index (χ2n) is 7.64. The number of nitrogens with zero attached hydrogens (tertiary/aromatic N) is 2. The third-order valence-electron chi connectivity index (χ3n) is 6.10. The van der Waals surface area contributed by atoms with E-state index in [2.05, 4.69) is 0 Å². The van der Waals surface area contributed by atoms with Crippen molar-refractivity contribution in [3.8, 4) is 0 Å². The van der Waals surface area contributed by atoms with E-state index >= 15 is 0 Å². The van der Waals surface area contributed by atoms with Crippen molar-refractivity contribution in [1.82, 2.24) is 9.80 Å². The summed E-state index contributed by atoms with van der Waals surface area (Å²) in [4.78, 5) is 42.9. The van der Waals surface area contributed by atoms with E-state index in [1.807, 2.05) is 0 Å². The monoisotopic (exact) mass is 458 g/mol. The Morgan fingerprint density at radius 2 is 1.65 bits per heavy atom. The molecule has 1 saturated heterocycles. The van der Waals surface area contributed by atoms with Crippen molar-refractivity contribution < 1.29 is 19.1 Å². The molecule has 2 heterocycles. The van der Waals surface area contributed by atoms with Gasteiger partial charge in [-0.3, -0.25) is 9.59 Å². The third kappa shape index (κ3) is 2.97. The second-order valence-corrected chi connectivity index (χ2v) is 8.45. The third-order valence-corrected chi connectivity index (χ3v) is 6.77. The molecule has 2 aliphatic rings. The fourth-order valence-corrected chi connectivity index (χ4v) is 5.22. The minimum Gasteiger partial charge on any atom is -0.466 e. The van der Waals surface area contributed by atoms with Gasteiger partial charge in [0, 0.05) is 36.1 Å². The van der Waals surface area contributed by atoms with Crippen LogP contribution in [0.25, 0.3) is 5.70 Å². The maximum atomic E-state index is 13.9. The largest absolute Gasteiger partial charge is 0.466 e. The number of hydrogen-bond donors (Lipinski definition) is 0. The molecule has 0 bridgehead atoms. The van der Waals surface area contributed by atoms with Crippen LogP contribution in [0.1, 0.15) is 23.6 Å². The summed E-state index contributed by atoms with van der Waals surface area (Å²) in [5.74, 6) is -1.34. The van der Waals surface area contributed by atoms with Gasteiger partial charge in [0.05, 0.1) is 24.4 Å². The maximum Gasteiger partial charge on any atom is 0.337 e. The Morgan fingerprint density at radius 3 is 2.26 bits per heavy atom. The highest BCUT2D eigenvalue weighted by Crippen LogP contribution is 2.59. The first-order valence-corrected chi connectivity index (χ1v) is 10.4. The first-order chi connectivity index (χ1) is 14.8. The number of amides is 2. The summed E-state index contributed by atoms with van der Waals surface area (Å²) in [5, 5.41) is 0.780. The van der Waals surface area contributed by atoms with Crippen LogP contribution >= 0.6 is 23.2 Å². The predicted molar refractivity (Wildman–Crippen MR) is 117 cm³/mol. The highest BCUT2D eigenvalue weighted by molar-refractivity contribution is 6.33. The van der Waals surface area contributed by atoms with Crippen molar-refractivity contribution in [1.29, 1.82) is 0 Å². The number of ether oxygens (including phenoxy) is 1. The van der Waals surface area contributed by atoms with Gasteiger partial charge in [-0.25, -0.2) is 4.79 Å². The van der Waals surface area contributed by atoms with E-state index in [0.717, 1.165) is 0 Å². The van der Waals surface area contributed by atoms with E-state index in [1.165, 1.54) is 16.9 Å². The molecule has 6 nitrogen and oxygen atoms in total. The highest BCUT2D eigenvalue weighted by atomic mass is 35.5. The Morgan fingerprint density at radius 1 is 1.03 bits per heavy atom. The molecule has 2 unspecified atom stereocenters. The molecule has 2 aliphatic heterocycles. The quantitative estimate of drug-likeness (QED) is 0.653. The van der Waals surface area contributed by atoms with Crippen LogP contribution in [0.15, 0.2) is 54.1 Å². The van der Waals surface area contributed by atoms with Crippen LogP contribution in [0.5, 0.6) is 0 Å². The van der Waals surface area contributed by atoms with Crippen LogP contribution in [0.2, 0.25) is 10.0 Å². The summed E-state index contributed by atoms with van der Waals surface area (Å²) in [6.07, 6.45) is -0.180. The molecule has 2 atom stereocenters. The molecule has 2 amide bonds. The molecular formula is C23H20Cl2N2O4. The standard InChI is InChI=1S/C23H20Cl2N2O4/c1-26-17(28)12-23(20(26)14-9-5-7-11-16(14)25)18(21(29)31-3)19(27(2)22(23)30)13-8-4-6-10-15(13)24/h4-11,20H,12H2,1-3H3. The second kappa shape index (κ2) is 7.70. The molecule has 0 N–H and O–H groups in total. The van der Waals surface area contributed by atoms with Gasteiger partial charge < -0.3 is 14.5 Å². The molecule has 0 aromatic heterocycles. The van der Waals surface area contributed by atoms with Crippen molar-refractivity contribution >= 4 is 46.7 Å².